The molecule has 0 atom stereocenters. The third-order valence-corrected chi connectivity index (χ3v) is 2.99. The Bertz CT molecular complexity index is 564. The number of halogens is 1. The van der Waals surface area contributed by atoms with Crippen molar-refractivity contribution in [3.05, 3.63) is 59.8 Å². The van der Waals surface area contributed by atoms with Crippen molar-refractivity contribution in [3.8, 4) is 0 Å². The SMILES string of the molecule is CCNC(=NCc1ccco1)N(C)Cc1ccc(F)cc1. The lowest BCUT2D eigenvalue weighted by Gasteiger charge is -2.22. The predicted molar refractivity (Wildman–Crippen MR) is 81.4 cm³/mol. The van der Waals surface area contributed by atoms with Crippen LogP contribution >= 0.6 is 0 Å². The van der Waals surface area contributed by atoms with Gasteiger partial charge in [0, 0.05) is 20.1 Å². The van der Waals surface area contributed by atoms with Gasteiger partial charge in [-0.2, -0.15) is 0 Å². The Balaban J connectivity index is 2.02. The Labute approximate surface area is 124 Å². The zero-order chi connectivity index (χ0) is 15.1. The summed E-state index contributed by atoms with van der Waals surface area (Å²) in [6.07, 6.45) is 1.64. The van der Waals surface area contributed by atoms with Gasteiger partial charge >= 0.3 is 0 Å². The van der Waals surface area contributed by atoms with Crippen molar-refractivity contribution < 1.29 is 8.81 Å². The maximum Gasteiger partial charge on any atom is 0.194 e. The summed E-state index contributed by atoms with van der Waals surface area (Å²) in [6.45, 7) is 3.95. The second kappa shape index (κ2) is 7.47. The van der Waals surface area contributed by atoms with E-state index in [0.717, 1.165) is 23.8 Å². The van der Waals surface area contributed by atoms with E-state index in [-0.39, 0.29) is 5.82 Å². The van der Waals surface area contributed by atoms with Crippen LogP contribution in [-0.2, 0) is 13.1 Å². The molecule has 0 aliphatic heterocycles. The molecule has 1 aromatic heterocycles. The fraction of sp³-hybridized carbons (Fsp3) is 0.312. The first-order valence-corrected chi connectivity index (χ1v) is 6.95. The lowest BCUT2D eigenvalue weighted by atomic mass is 10.2. The minimum absolute atomic E-state index is 0.222. The highest BCUT2D eigenvalue weighted by atomic mass is 19.1. The van der Waals surface area contributed by atoms with E-state index in [1.807, 2.05) is 31.0 Å². The van der Waals surface area contributed by atoms with E-state index in [9.17, 15) is 4.39 Å². The lowest BCUT2D eigenvalue weighted by molar-refractivity contribution is 0.469. The van der Waals surface area contributed by atoms with E-state index in [2.05, 4.69) is 10.3 Å². The summed E-state index contributed by atoms with van der Waals surface area (Å²) in [5.41, 5.74) is 1.03. The minimum atomic E-state index is -0.222. The number of hydrogen-bond acceptors (Lipinski definition) is 2. The second-order valence-electron chi connectivity index (χ2n) is 4.73. The zero-order valence-electron chi connectivity index (χ0n) is 12.3. The van der Waals surface area contributed by atoms with Gasteiger partial charge in [-0.25, -0.2) is 9.38 Å². The van der Waals surface area contributed by atoms with Crippen LogP contribution in [0.1, 0.15) is 18.2 Å². The summed E-state index contributed by atoms with van der Waals surface area (Å²) in [5, 5.41) is 3.24. The molecule has 112 valence electrons. The fourth-order valence-corrected chi connectivity index (χ4v) is 1.96. The van der Waals surface area contributed by atoms with Gasteiger partial charge in [-0.1, -0.05) is 12.1 Å². The number of guanidine groups is 1. The number of rotatable bonds is 5. The monoisotopic (exact) mass is 289 g/mol. The van der Waals surface area contributed by atoms with Crippen LogP contribution in [0.5, 0.6) is 0 Å². The normalized spacial score (nSPS) is 11.5. The maximum atomic E-state index is 12.9. The Kier molecular flexibility index (Phi) is 5.37. The van der Waals surface area contributed by atoms with E-state index in [4.69, 9.17) is 4.42 Å². The molecular formula is C16H20FN3O. The minimum Gasteiger partial charge on any atom is -0.467 e. The van der Waals surface area contributed by atoms with E-state index < -0.39 is 0 Å². The van der Waals surface area contributed by atoms with Gasteiger partial charge in [0.25, 0.3) is 0 Å². The third kappa shape index (κ3) is 4.63. The van der Waals surface area contributed by atoms with Crippen molar-refractivity contribution in [1.29, 1.82) is 0 Å². The molecule has 0 bridgehead atoms. The van der Waals surface area contributed by atoms with Crippen LogP contribution < -0.4 is 5.32 Å². The highest BCUT2D eigenvalue weighted by Gasteiger charge is 2.07. The average Bonchev–Trinajstić information content (AvgIpc) is 2.99. The van der Waals surface area contributed by atoms with Crippen molar-refractivity contribution in [2.24, 2.45) is 4.99 Å². The molecule has 1 N–H and O–H groups in total. The number of aliphatic imine (C=N–C) groups is 1. The number of furan rings is 1. The summed E-state index contributed by atoms with van der Waals surface area (Å²) in [4.78, 5) is 6.53. The molecule has 21 heavy (non-hydrogen) atoms. The molecule has 0 amide bonds. The summed E-state index contributed by atoms with van der Waals surface area (Å²) in [5.74, 6) is 1.39. The van der Waals surface area contributed by atoms with Gasteiger partial charge in [-0.05, 0) is 36.8 Å². The van der Waals surface area contributed by atoms with Crippen molar-refractivity contribution in [2.75, 3.05) is 13.6 Å². The van der Waals surface area contributed by atoms with Crippen molar-refractivity contribution in [1.82, 2.24) is 10.2 Å². The largest absolute Gasteiger partial charge is 0.467 e. The van der Waals surface area contributed by atoms with Crippen molar-refractivity contribution in [3.63, 3.8) is 0 Å². The Morgan fingerprint density at radius 3 is 2.67 bits per heavy atom. The molecule has 0 radical (unpaired) electrons. The molecule has 5 heteroatoms. The van der Waals surface area contributed by atoms with Gasteiger partial charge in [0.15, 0.2) is 5.96 Å². The van der Waals surface area contributed by atoms with Gasteiger partial charge in [-0.15, -0.1) is 0 Å². The van der Waals surface area contributed by atoms with E-state index in [1.165, 1.54) is 12.1 Å². The Morgan fingerprint density at radius 1 is 1.29 bits per heavy atom. The molecule has 2 aromatic rings. The van der Waals surface area contributed by atoms with Gasteiger partial charge < -0.3 is 14.6 Å². The number of nitrogens with one attached hydrogen (secondary N) is 1. The van der Waals surface area contributed by atoms with Crippen LogP contribution in [0.3, 0.4) is 0 Å². The zero-order valence-corrected chi connectivity index (χ0v) is 12.3. The van der Waals surface area contributed by atoms with Gasteiger partial charge in [0.1, 0.15) is 18.1 Å². The van der Waals surface area contributed by atoms with Crippen LogP contribution in [0.15, 0.2) is 52.1 Å². The van der Waals surface area contributed by atoms with E-state index in [0.29, 0.717) is 13.1 Å². The van der Waals surface area contributed by atoms with Crippen LogP contribution in [-0.4, -0.2) is 24.5 Å². The summed E-state index contributed by atoms with van der Waals surface area (Å²) < 4.78 is 18.2. The summed E-state index contributed by atoms with van der Waals surface area (Å²) >= 11 is 0. The molecule has 0 spiro atoms. The number of hydrogen-bond donors (Lipinski definition) is 1. The number of nitrogens with zero attached hydrogens (tertiary/aromatic N) is 2. The second-order valence-corrected chi connectivity index (χ2v) is 4.73. The van der Waals surface area contributed by atoms with E-state index >= 15 is 0 Å². The smallest absolute Gasteiger partial charge is 0.194 e. The molecule has 1 heterocycles. The summed E-state index contributed by atoms with van der Waals surface area (Å²) in [6, 6.07) is 10.2. The summed E-state index contributed by atoms with van der Waals surface area (Å²) in [7, 11) is 1.95. The predicted octanol–water partition coefficient (Wildman–Crippen LogP) is 3.02. The molecule has 0 aliphatic carbocycles. The molecule has 0 saturated heterocycles. The first-order valence-electron chi connectivity index (χ1n) is 6.95. The van der Waals surface area contributed by atoms with Gasteiger partial charge in [0.2, 0.25) is 0 Å². The molecule has 2 rings (SSSR count). The third-order valence-electron chi connectivity index (χ3n) is 2.99. The molecular weight excluding hydrogens is 269 g/mol. The molecule has 0 aliphatic rings. The van der Waals surface area contributed by atoms with E-state index in [1.54, 1.807) is 18.4 Å². The highest BCUT2D eigenvalue weighted by Crippen LogP contribution is 2.07. The van der Waals surface area contributed by atoms with Gasteiger partial charge in [0.05, 0.1) is 6.26 Å². The maximum absolute atomic E-state index is 12.9. The lowest BCUT2D eigenvalue weighted by Crippen LogP contribution is -2.38. The Hall–Kier alpha value is -2.30. The molecule has 0 saturated carbocycles. The van der Waals surface area contributed by atoms with Crippen LogP contribution in [0, 0.1) is 5.82 Å². The topological polar surface area (TPSA) is 40.8 Å². The van der Waals surface area contributed by atoms with Crippen molar-refractivity contribution >= 4 is 5.96 Å². The Morgan fingerprint density at radius 2 is 2.05 bits per heavy atom. The molecule has 1 aromatic carbocycles. The number of benzene rings is 1. The first-order chi connectivity index (χ1) is 10.2. The quantitative estimate of drug-likeness (QED) is 0.679. The van der Waals surface area contributed by atoms with Crippen LogP contribution in [0.4, 0.5) is 4.39 Å². The molecule has 4 nitrogen and oxygen atoms in total. The van der Waals surface area contributed by atoms with Crippen molar-refractivity contribution in [2.45, 2.75) is 20.0 Å². The van der Waals surface area contributed by atoms with Gasteiger partial charge in [-0.3, -0.25) is 0 Å². The highest BCUT2D eigenvalue weighted by molar-refractivity contribution is 5.79. The van der Waals surface area contributed by atoms with Crippen LogP contribution in [0.25, 0.3) is 0 Å². The van der Waals surface area contributed by atoms with Crippen LogP contribution in [0.2, 0.25) is 0 Å². The standard InChI is InChI=1S/C16H20FN3O/c1-3-18-16(19-11-15-5-4-10-21-15)20(2)12-13-6-8-14(17)9-7-13/h4-10H,3,11-12H2,1-2H3,(H,18,19). The molecule has 0 unspecified atom stereocenters. The first kappa shape index (κ1) is 15.1. The molecule has 0 fully saturated rings. The fourth-order valence-electron chi connectivity index (χ4n) is 1.96. The average molecular weight is 289 g/mol.